The molecule has 0 aliphatic carbocycles. The minimum Gasteiger partial charge on any atom is -0.465 e. The Hall–Kier alpha value is -2.21. The summed E-state index contributed by atoms with van der Waals surface area (Å²) in [7, 11) is 0. The van der Waals surface area contributed by atoms with Gasteiger partial charge in [-0.1, -0.05) is 30.3 Å². The number of likely N-dealkylation sites (tertiary alicyclic amines) is 1. The fraction of sp³-hybridized carbons (Fsp3) is 0.550. The zero-order chi connectivity index (χ0) is 18.9. The molecule has 0 spiro atoms. The highest BCUT2D eigenvalue weighted by Gasteiger charge is 2.33. The molecule has 1 aliphatic heterocycles. The zero-order valence-electron chi connectivity index (χ0n) is 15.4. The molecule has 1 heterocycles. The van der Waals surface area contributed by atoms with Crippen molar-refractivity contribution in [3.8, 4) is 0 Å². The molecule has 6 heteroatoms. The number of nitrogens with one attached hydrogen (secondary N) is 1. The number of hydrogen-bond acceptors (Lipinski definition) is 5. The molecule has 1 fully saturated rings. The van der Waals surface area contributed by atoms with Crippen LogP contribution < -0.4 is 5.32 Å². The van der Waals surface area contributed by atoms with Gasteiger partial charge in [-0.25, -0.2) is 0 Å². The van der Waals surface area contributed by atoms with Gasteiger partial charge in [0.1, 0.15) is 6.04 Å². The maximum absolute atomic E-state index is 12.6. The summed E-state index contributed by atoms with van der Waals surface area (Å²) < 4.78 is 5.15. The van der Waals surface area contributed by atoms with Crippen molar-refractivity contribution in [2.75, 3.05) is 13.2 Å². The van der Waals surface area contributed by atoms with Gasteiger partial charge in [0.2, 0.25) is 12.2 Å². The van der Waals surface area contributed by atoms with Gasteiger partial charge in [-0.15, -0.1) is 0 Å². The van der Waals surface area contributed by atoms with Gasteiger partial charge in [0.15, 0.2) is 0 Å². The van der Waals surface area contributed by atoms with E-state index in [0.717, 1.165) is 12.0 Å². The average molecular weight is 359 g/mol. The SMILES string of the molecule is CCOC(=O)C(CCc1ccccc1)N[C@@H](C)C(=O)N1CCC[C@H]1[C]=O. The molecule has 26 heavy (non-hydrogen) atoms. The quantitative estimate of drug-likeness (QED) is 0.678. The Morgan fingerprint density at radius 2 is 2.08 bits per heavy atom. The van der Waals surface area contributed by atoms with Gasteiger partial charge in [-0.2, -0.15) is 0 Å². The highest BCUT2D eigenvalue weighted by molar-refractivity contribution is 5.85. The van der Waals surface area contributed by atoms with Gasteiger partial charge in [0.05, 0.1) is 18.7 Å². The number of carbonyl (C=O) groups is 2. The number of aryl methyl sites for hydroxylation is 1. The second kappa shape index (κ2) is 10.1. The Morgan fingerprint density at radius 1 is 1.35 bits per heavy atom. The van der Waals surface area contributed by atoms with E-state index in [1.807, 2.05) is 36.6 Å². The van der Waals surface area contributed by atoms with Crippen LogP contribution in [-0.4, -0.2) is 54.3 Å². The molecular weight excluding hydrogens is 332 g/mol. The molecular formula is C20H27N2O4. The van der Waals surface area contributed by atoms with Crippen molar-refractivity contribution < 1.29 is 19.1 Å². The van der Waals surface area contributed by atoms with Crippen LogP contribution in [0.4, 0.5) is 0 Å². The molecule has 141 valence electrons. The van der Waals surface area contributed by atoms with E-state index < -0.39 is 18.1 Å². The Labute approximate surface area is 154 Å². The number of hydrogen-bond donors (Lipinski definition) is 1. The summed E-state index contributed by atoms with van der Waals surface area (Å²) in [5.74, 6) is -0.534. The number of ether oxygens (including phenoxy) is 1. The van der Waals surface area contributed by atoms with Crippen LogP contribution >= 0.6 is 0 Å². The van der Waals surface area contributed by atoms with Gasteiger partial charge in [-0.05, 0) is 45.1 Å². The van der Waals surface area contributed by atoms with E-state index >= 15 is 0 Å². The summed E-state index contributed by atoms with van der Waals surface area (Å²) in [4.78, 5) is 37.5. The molecule has 0 saturated carbocycles. The summed E-state index contributed by atoms with van der Waals surface area (Å²) in [6, 6.07) is 8.25. The van der Waals surface area contributed by atoms with Crippen LogP contribution in [0.15, 0.2) is 30.3 Å². The standard InChI is InChI=1S/C20H27N2O4/c1-3-26-20(25)18(12-11-16-8-5-4-6-9-16)21-15(2)19(24)22-13-7-10-17(22)14-23/h4-6,8-9,15,17-18,21H,3,7,10-13H2,1-2H3/t15-,17-,18?/m0/s1. The summed E-state index contributed by atoms with van der Waals surface area (Å²) in [5.41, 5.74) is 1.12. The second-order valence-electron chi connectivity index (χ2n) is 6.52. The molecule has 6 nitrogen and oxygen atoms in total. The smallest absolute Gasteiger partial charge is 0.323 e. The van der Waals surface area contributed by atoms with E-state index in [4.69, 9.17) is 4.74 Å². The van der Waals surface area contributed by atoms with E-state index in [1.54, 1.807) is 18.7 Å². The number of benzene rings is 1. The first-order valence-electron chi connectivity index (χ1n) is 9.21. The summed E-state index contributed by atoms with van der Waals surface area (Å²) in [5, 5.41) is 3.10. The lowest BCUT2D eigenvalue weighted by Crippen LogP contribution is -2.52. The molecule has 1 radical (unpaired) electrons. The molecule has 1 aromatic carbocycles. The number of nitrogens with zero attached hydrogens (tertiary/aromatic N) is 1. The first-order chi connectivity index (χ1) is 12.6. The highest BCUT2D eigenvalue weighted by Crippen LogP contribution is 2.17. The average Bonchev–Trinajstić information content (AvgIpc) is 3.14. The predicted octanol–water partition coefficient (Wildman–Crippen LogP) is 1.63. The van der Waals surface area contributed by atoms with Crippen LogP contribution in [0.25, 0.3) is 0 Å². The van der Waals surface area contributed by atoms with E-state index in [-0.39, 0.29) is 11.9 Å². The largest absolute Gasteiger partial charge is 0.465 e. The van der Waals surface area contributed by atoms with Gasteiger partial charge < -0.3 is 9.64 Å². The number of rotatable bonds is 9. The van der Waals surface area contributed by atoms with Crippen LogP contribution in [-0.2, 0) is 25.5 Å². The number of carbonyl (C=O) groups excluding carboxylic acids is 3. The molecule has 1 aliphatic rings. The van der Waals surface area contributed by atoms with Crippen LogP contribution in [0.2, 0.25) is 0 Å². The van der Waals surface area contributed by atoms with Crippen LogP contribution in [0, 0.1) is 0 Å². The Kier molecular flexibility index (Phi) is 7.78. The van der Waals surface area contributed by atoms with Crippen LogP contribution in [0.1, 0.15) is 38.7 Å². The molecule has 1 unspecified atom stereocenters. The molecule has 1 aromatic rings. The van der Waals surface area contributed by atoms with E-state index in [0.29, 0.717) is 32.4 Å². The van der Waals surface area contributed by atoms with Crippen molar-refractivity contribution in [3.63, 3.8) is 0 Å². The summed E-state index contributed by atoms with van der Waals surface area (Å²) in [6.45, 7) is 4.32. The third-order valence-corrected chi connectivity index (χ3v) is 4.63. The maximum Gasteiger partial charge on any atom is 0.323 e. The van der Waals surface area contributed by atoms with Gasteiger partial charge in [0, 0.05) is 6.54 Å². The normalized spacial score (nSPS) is 19.0. The Bertz CT molecular complexity index is 605. The van der Waals surface area contributed by atoms with E-state index in [2.05, 4.69) is 5.32 Å². The van der Waals surface area contributed by atoms with Crippen molar-refractivity contribution >= 4 is 18.2 Å². The van der Waals surface area contributed by atoms with E-state index in [9.17, 15) is 14.4 Å². The van der Waals surface area contributed by atoms with E-state index in [1.165, 1.54) is 0 Å². The molecule has 3 atom stereocenters. The third kappa shape index (κ3) is 5.39. The molecule has 1 saturated heterocycles. The first kappa shape index (κ1) is 20.1. The second-order valence-corrected chi connectivity index (χ2v) is 6.52. The Morgan fingerprint density at radius 3 is 2.73 bits per heavy atom. The minimum absolute atomic E-state index is 0.176. The molecule has 1 amide bonds. The lowest BCUT2D eigenvalue weighted by atomic mass is 10.0. The Balaban J connectivity index is 1.99. The highest BCUT2D eigenvalue weighted by atomic mass is 16.5. The van der Waals surface area contributed by atoms with Crippen LogP contribution in [0.3, 0.4) is 0 Å². The number of esters is 1. The third-order valence-electron chi connectivity index (χ3n) is 4.63. The topological polar surface area (TPSA) is 75.7 Å². The van der Waals surface area contributed by atoms with Crippen molar-refractivity contribution in [2.45, 2.75) is 57.7 Å². The monoisotopic (exact) mass is 359 g/mol. The van der Waals surface area contributed by atoms with Crippen molar-refractivity contribution in [1.82, 2.24) is 10.2 Å². The number of amides is 1. The lowest BCUT2D eigenvalue weighted by molar-refractivity contribution is -0.146. The predicted molar refractivity (Wildman–Crippen MR) is 98.2 cm³/mol. The van der Waals surface area contributed by atoms with Crippen molar-refractivity contribution in [3.05, 3.63) is 35.9 Å². The summed E-state index contributed by atoms with van der Waals surface area (Å²) in [6.07, 6.45) is 4.61. The van der Waals surface area contributed by atoms with Gasteiger partial charge in [0.25, 0.3) is 0 Å². The van der Waals surface area contributed by atoms with Gasteiger partial charge in [-0.3, -0.25) is 19.7 Å². The van der Waals surface area contributed by atoms with Crippen molar-refractivity contribution in [2.24, 2.45) is 0 Å². The molecule has 1 N–H and O–H groups in total. The van der Waals surface area contributed by atoms with Crippen LogP contribution in [0.5, 0.6) is 0 Å². The zero-order valence-corrected chi connectivity index (χ0v) is 15.4. The van der Waals surface area contributed by atoms with Gasteiger partial charge >= 0.3 is 5.97 Å². The fourth-order valence-corrected chi connectivity index (χ4v) is 3.24. The minimum atomic E-state index is -0.575. The molecule has 0 aromatic heterocycles. The lowest BCUT2D eigenvalue weighted by Gasteiger charge is -2.27. The first-order valence-corrected chi connectivity index (χ1v) is 9.21. The summed E-state index contributed by atoms with van der Waals surface area (Å²) >= 11 is 0. The maximum atomic E-state index is 12.6. The molecule has 0 bridgehead atoms. The fourth-order valence-electron chi connectivity index (χ4n) is 3.24. The molecule has 2 rings (SSSR count). The van der Waals surface area contributed by atoms with Crippen molar-refractivity contribution in [1.29, 1.82) is 0 Å².